The monoisotopic (exact) mass is 346 g/mol. The number of rotatable bonds is 5. The summed E-state index contributed by atoms with van der Waals surface area (Å²) in [6.07, 6.45) is 7.40. The predicted molar refractivity (Wildman–Crippen MR) is 94.5 cm³/mol. The number of anilines is 2. The van der Waals surface area contributed by atoms with E-state index < -0.39 is 0 Å². The third-order valence-corrected chi connectivity index (χ3v) is 5.59. The fourth-order valence-corrected chi connectivity index (χ4v) is 4.04. The molecule has 1 aliphatic heterocycles. The van der Waals surface area contributed by atoms with E-state index >= 15 is 0 Å². The molecule has 2 aliphatic rings. The van der Waals surface area contributed by atoms with Crippen LogP contribution in [0.4, 0.5) is 11.6 Å². The Hall–Kier alpha value is -1.96. The van der Waals surface area contributed by atoms with Crippen LogP contribution in [0.2, 0.25) is 0 Å². The first-order valence-electron chi connectivity index (χ1n) is 9.44. The van der Waals surface area contributed by atoms with E-state index in [2.05, 4.69) is 30.5 Å². The highest BCUT2D eigenvalue weighted by atomic mass is 16.6. The van der Waals surface area contributed by atoms with Crippen molar-refractivity contribution in [2.24, 2.45) is 5.92 Å². The number of aliphatic hydroxyl groups is 1. The van der Waals surface area contributed by atoms with E-state index in [-0.39, 0.29) is 6.10 Å². The number of fused-ring (bicyclic) bond motifs is 1. The first-order chi connectivity index (χ1) is 12.2. The molecule has 3 heterocycles. The van der Waals surface area contributed by atoms with Gasteiger partial charge in [-0.15, -0.1) is 0 Å². The molecule has 25 heavy (non-hydrogen) atoms. The second kappa shape index (κ2) is 7.11. The molecule has 1 saturated heterocycles. The van der Waals surface area contributed by atoms with Crippen LogP contribution in [0.5, 0.6) is 0 Å². The third-order valence-electron chi connectivity index (χ3n) is 5.59. The molecule has 2 aromatic heterocycles. The van der Waals surface area contributed by atoms with Gasteiger partial charge in [-0.3, -0.25) is 0 Å². The van der Waals surface area contributed by atoms with E-state index in [1.807, 2.05) is 6.92 Å². The van der Waals surface area contributed by atoms with Gasteiger partial charge in [0, 0.05) is 19.1 Å². The third kappa shape index (κ3) is 3.40. The van der Waals surface area contributed by atoms with Crippen molar-refractivity contribution in [1.82, 2.24) is 20.3 Å². The second-order valence-corrected chi connectivity index (χ2v) is 7.23. The minimum absolute atomic E-state index is 0.202. The molecule has 2 N–H and O–H groups in total. The fourth-order valence-electron chi connectivity index (χ4n) is 4.04. The summed E-state index contributed by atoms with van der Waals surface area (Å²) in [7, 11) is 0. The molecular formula is C17H26N6O2. The molecule has 1 aliphatic carbocycles. The quantitative estimate of drug-likeness (QED) is 0.851. The molecule has 0 bridgehead atoms. The fraction of sp³-hybridized carbons (Fsp3) is 0.765. The molecule has 2 fully saturated rings. The summed E-state index contributed by atoms with van der Waals surface area (Å²) in [6, 6.07) is 0.449. The van der Waals surface area contributed by atoms with Gasteiger partial charge >= 0.3 is 0 Å². The molecule has 0 unspecified atom stereocenters. The number of aliphatic hydroxyl groups excluding tert-OH is 1. The molecule has 8 heteroatoms. The van der Waals surface area contributed by atoms with E-state index in [0.29, 0.717) is 23.3 Å². The van der Waals surface area contributed by atoms with Gasteiger partial charge < -0.3 is 15.3 Å². The van der Waals surface area contributed by atoms with Crippen molar-refractivity contribution in [2.45, 2.75) is 64.0 Å². The van der Waals surface area contributed by atoms with Crippen molar-refractivity contribution < 1.29 is 9.74 Å². The van der Waals surface area contributed by atoms with Gasteiger partial charge in [0.2, 0.25) is 11.3 Å². The Balaban J connectivity index is 1.56. The summed E-state index contributed by atoms with van der Waals surface area (Å²) in [5.74, 6) is 1.99. The summed E-state index contributed by atoms with van der Waals surface area (Å²) in [5, 5.41) is 21.4. The van der Waals surface area contributed by atoms with E-state index in [9.17, 15) is 5.11 Å². The Labute approximate surface area is 147 Å². The largest absolute Gasteiger partial charge is 0.393 e. The Morgan fingerprint density at radius 1 is 1.12 bits per heavy atom. The zero-order chi connectivity index (χ0) is 17.2. The van der Waals surface area contributed by atoms with Crippen molar-refractivity contribution in [2.75, 3.05) is 23.3 Å². The summed E-state index contributed by atoms with van der Waals surface area (Å²) in [5.41, 5.74) is 0.892. The first kappa shape index (κ1) is 16.5. The van der Waals surface area contributed by atoms with Crippen LogP contribution >= 0.6 is 0 Å². The molecule has 0 aromatic carbocycles. The molecule has 1 saturated carbocycles. The van der Waals surface area contributed by atoms with Gasteiger partial charge in [0.05, 0.1) is 6.10 Å². The SMILES string of the molecule is CC[C@@H](O)C1CCN(c2nc3nonc3nc2NC2CCCC2)CC1. The summed E-state index contributed by atoms with van der Waals surface area (Å²) in [6.45, 7) is 3.77. The lowest BCUT2D eigenvalue weighted by Crippen LogP contribution is -2.38. The zero-order valence-corrected chi connectivity index (χ0v) is 14.7. The molecular weight excluding hydrogens is 320 g/mol. The van der Waals surface area contributed by atoms with Crippen LogP contribution < -0.4 is 10.2 Å². The molecule has 1 atom stereocenters. The summed E-state index contributed by atoms with van der Waals surface area (Å²) in [4.78, 5) is 11.5. The normalized spacial score (nSPS) is 21.1. The van der Waals surface area contributed by atoms with Gasteiger partial charge in [0.25, 0.3) is 0 Å². The standard InChI is InChI=1S/C17H26N6O2/c1-2-13(24)11-7-9-23(10-8-11)17-16(18-12-5-3-4-6-12)19-14-15(20-17)22-25-21-14/h11-13,24H,2-10H2,1H3,(H,18,19,21)/t13-/m1/s1. The van der Waals surface area contributed by atoms with Crippen molar-refractivity contribution in [3.05, 3.63) is 0 Å². The van der Waals surface area contributed by atoms with Gasteiger partial charge in [-0.2, -0.15) is 0 Å². The first-order valence-corrected chi connectivity index (χ1v) is 9.44. The minimum atomic E-state index is -0.202. The Morgan fingerprint density at radius 3 is 2.48 bits per heavy atom. The molecule has 4 rings (SSSR count). The molecule has 8 nitrogen and oxygen atoms in total. The smallest absolute Gasteiger partial charge is 0.245 e. The Kier molecular flexibility index (Phi) is 4.70. The van der Waals surface area contributed by atoms with Gasteiger partial charge in [-0.1, -0.05) is 19.8 Å². The van der Waals surface area contributed by atoms with Gasteiger partial charge in [-0.05, 0) is 48.3 Å². The highest BCUT2D eigenvalue weighted by Gasteiger charge is 2.28. The molecule has 2 aromatic rings. The predicted octanol–water partition coefficient (Wildman–Crippen LogP) is 2.35. The lowest BCUT2D eigenvalue weighted by molar-refractivity contribution is 0.0892. The number of nitrogens with zero attached hydrogens (tertiary/aromatic N) is 5. The van der Waals surface area contributed by atoms with Crippen molar-refractivity contribution in [3.63, 3.8) is 0 Å². The number of aromatic nitrogens is 4. The topological polar surface area (TPSA) is 100 Å². The summed E-state index contributed by atoms with van der Waals surface area (Å²) < 4.78 is 4.79. The summed E-state index contributed by atoms with van der Waals surface area (Å²) >= 11 is 0. The highest BCUT2D eigenvalue weighted by molar-refractivity contribution is 5.74. The van der Waals surface area contributed by atoms with Crippen LogP contribution in [-0.2, 0) is 0 Å². The average Bonchev–Trinajstić information content (AvgIpc) is 3.32. The maximum atomic E-state index is 10.1. The number of nitrogens with one attached hydrogen (secondary N) is 1. The maximum absolute atomic E-state index is 10.1. The van der Waals surface area contributed by atoms with Crippen molar-refractivity contribution in [1.29, 1.82) is 0 Å². The van der Waals surface area contributed by atoms with Crippen LogP contribution in [0.25, 0.3) is 11.3 Å². The van der Waals surface area contributed by atoms with E-state index in [1.54, 1.807) is 0 Å². The van der Waals surface area contributed by atoms with Gasteiger partial charge in [0.1, 0.15) is 0 Å². The Morgan fingerprint density at radius 2 is 1.80 bits per heavy atom. The van der Waals surface area contributed by atoms with Crippen LogP contribution in [-0.4, -0.2) is 50.6 Å². The molecule has 0 amide bonds. The molecule has 0 spiro atoms. The van der Waals surface area contributed by atoms with Crippen LogP contribution in [0, 0.1) is 5.92 Å². The average molecular weight is 346 g/mol. The maximum Gasteiger partial charge on any atom is 0.245 e. The van der Waals surface area contributed by atoms with E-state index in [0.717, 1.165) is 44.0 Å². The van der Waals surface area contributed by atoms with Crippen LogP contribution in [0.15, 0.2) is 4.63 Å². The lowest BCUT2D eigenvalue weighted by Gasteiger charge is -2.35. The van der Waals surface area contributed by atoms with Crippen molar-refractivity contribution >= 4 is 22.9 Å². The lowest BCUT2D eigenvalue weighted by atomic mass is 9.90. The van der Waals surface area contributed by atoms with Crippen LogP contribution in [0.3, 0.4) is 0 Å². The van der Waals surface area contributed by atoms with Crippen molar-refractivity contribution in [3.8, 4) is 0 Å². The van der Waals surface area contributed by atoms with Crippen LogP contribution in [0.1, 0.15) is 51.9 Å². The zero-order valence-electron chi connectivity index (χ0n) is 14.7. The highest BCUT2D eigenvalue weighted by Crippen LogP contribution is 2.32. The van der Waals surface area contributed by atoms with E-state index in [1.165, 1.54) is 25.7 Å². The molecule has 0 radical (unpaired) electrons. The van der Waals surface area contributed by atoms with Gasteiger partial charge in [0.15, 0.2) is 11.6 Å². The Bertz CT molecular complexity index is 706. The van der Waals surface area contributed by atoms with E-state index in [4.69, 9.17) is 4.63 Å². The number of hydrogen-bond acceptors (Lipinski definition) is 8. The van der Waals surface area contributed by atoms with Gasteiger partial charge in [-0.25, -0.2) is 14.6 Å². The molecule has 136 valence electrons. The number of hydrogen-bond donors (Lipinski definition) is 2. The number of piperidine rings is 1. The second-order valence-electron chi connectivity index (χ2n) is 7.23. The minimum Gasteiger partial charge on any atom is -0.393 e.